The third-order valence-corrected chi connectivity index (χ3v) is 11.4. The first-order valence-electron chi connectivity index (χ1n) is 18.1. The average molecular weight is 720 g/mol. The summed E-state index contributed by atoms with van der Waals surface area (Å²) in [5.74, 6) is -3.87. The second-order valence-corrected chi connectivity index (χ2v) is 16.0. The van der Waals surface area contributed by atoms with Crippen LogP contribution in [0.15, 0.2) is 0 Å². The van der Waals surface area contributed by atoms with Crippen LogP contribution in [0.1, 0.15) is 94.4 Å². The Hall–Kier alpha value is -1.30. The van der Waals surface area contributed by atoms with E-state index >= 15 is 0 Å². The number of rotatable bonds is 7. The Labute approximate surface area is 297 Å². The van der Waals surface area contributed by atoms with Gasteiger partial charge in [0.05, 0.1) is 47.6 Å². The lowest BCUT2D eigenvalue weighted by Gasteiger charge is -2.49. The van der Waals surface area contributed by atoms with E-state index in [0.717, 1.165) is 0 Å². The Morgan fingerprint density at radius 2 is 1.56 bits per heavy atom. The molecule has 292 valence electrons. The van der Waals surface area contributed by atoms with E-state index in [0.29, 0.717) is 6.42 Å². The van der Waals surface area contributed by atoms with Crippen LogP contribution < -0.4 is 0 Å². The van der Waals surface area contributed by atoms with Crippen LogP contribution in [-0.4, -0.2) is 148 Å². The van der Waals surface area contributed by atoms with Gasteiger partial charge in [-0.25, -0.2) is 0 Å². The maximum Gasteiger partial charge on any atom is 0.311 e. The number of esters is 1. The molecule has 0 aromatic heterocycles. The molecule has 17 atom stereocenters. The van der Waals surface area contributed by atoms with Crippen LogP contribution in [0.2, 0.25) is 0 Å². The third-order valence-electron chi connectivity index (χ3n) is 11.4. The predicted molar refractivity (Wildman–Crippen MR) is 182 cm³/mol. The van der Waals surface area contributed by atoms with Gasteiger partial charge < -0.3 is 58.9 Å². The first-order valence-corrected chi connectivity index (χ1v) is 18.1. The SMILES string of the molecule is CC[C@H]1OC(=O)[C@H](C)C(OC2C[C@@](C)(OC)[C@@H](O)[C@H](C)O2)[C@H](C)[C@@H](OC2O[C@H](C)C[C@H](N(C)C)[C@H]2O)[C@](C)(O)C[C@@H](C)C(=O)C[C@@H](O)[C@]1(C)O. The number of ketones is 1. The molecule has 5 N–H and O–H groups in total. The van der Waals surface area contributed by atoms with Crippen molar-refractivity contribution in [2.45, 2.75) is 179 Å². The summed E-state index contributed by atoms with van der Waals surface area (Å²) < 4.78 is 36.9. The minimum absolute atomic E-state index is 0.0956. The van der Waals surface area contributed by atoms with Crippen molar-refractivity contribution in [1.82, 2.24) is 4.90 Å². The molecule has 14 heteroatoms. The summed E-state index contributed by atoms with van der Waals surface area (Å²) >= 11 is 0. The Morgan fingerprint density at radius 3 is 2.12 bits per heavy atom. The number of cyclic esters (lactones) is 1. The molecule has 3 aliphatic heterocycles. The Kier molecular flexibility index (Phi) is 14.5. The van der Waals surface area contributed by atoms with Crippen molar-refractivity contribution in [3.05, 3.63) is 0 Å². The number of carbonyl (C=O) groups excluding carboxylic acids is 2. The molecular weight excluding hydrogens is 654 g/mol. The number of carbonyl (C=O) groups is 2. The zero-order chi connectivity index (χ0) is 38.1. The summed E-state index contributed by atoms with van der Waals surface area (Å²) in [6.45, 7) is 14.8. The molecule has 50 heavy (non-hydrogen) atoms. The van der Waals surface area contributed by atoms with Crippen LogP contribution in [0, 0.1) is 17.8 Å². The largest absolute Gasteiger partial charge is 0.459 e. The minimum Gasteiger partial charge on any atom is -0.459 e. The van der Waals surface area contributed by atoms with Gasteiger partial charge >= 0.3 is 5.97 Å². The highest BCUT2D eigenvalue weighted by molar-refractivity contribution is 5.81. The molecule has 0 saturated carbocycles. The molecule has 3 unspecified atom stereocenters. The summed E-state index contributed by atoms with van der Waals surface area (Å²) in [7, 11) is 5.17. The number of ether oxygens (including phenoxy) is 6. The summed E-state index contributed by atoms with van der Waals surface area (Å²) in [6.07, 6.45) is -10.0. The van der Waals surface area contributed by atoms with E-state index < -0.39 is 108 Å². The quantitative estimate of drug-likeness (QED) is 0.238. The molecule has 3 heterocycles. The van der Waals surface area contributed by atoms with E-state index in [1.807, 2.05) is 25.9 Å². The smallest absolute Gasteiger partial charge is 0.311 e. The van der Waals surface area contributed by atoms with Crippen molar-refractivity contribution in [3.8, 4) is 0 Å². The standard InChI is InChI=1S/C36H65NO13/c1-13-26-36(9,44)25(39)15-24(38)18(2)16-34(7,43)31(50-33-28(40)23(37(10)11)14-19(3)46-33)20(4)29(21(5)32(42)48-26)49-27-17-35(8,45-12)30(41)22(6)47-27/h18-23,25-31,33,39-41,43-44H,13-17H2,1-12H3/t18-,19-,20+,21-,22+,23+,25-,26-,27?,28-,29?,30+,31-,33?,34-,35-,36+/m1/s1. The molecule has 0 aromatic carbocycles. The van der Waals surface area contributed by atoms with Gasteiger partial charge in [0.25, 0.3) is 0 Å². The molecule has 0 bridgehead atoms. The van der Waals surface area contributed by atoms with E-state index in [1.54, 1.807) is 41.5 Å². The number of nitrogens with zero attached hydrogens (tertiary/aromatic N) is 1. The van der Waals surface area contributed by atoms with Crippen LogP contribution in [0.25, 0.3) is 0 Å². The highest BCUT2D eigenvalue weighted by Gasteiger charge is 2.52. The summed E-state index contributed by atoms with van der Waals surface area (Å²) in [5, 5.41) is 57.0. The van der Waals surface area contributed by atoms with Crippen molar-refractivity contribution < 1.29 is 63.5 Å². The molecular formula is C36H65NO13. The van der Waals surface area contributed by atoms with Crippen LogP contribution in [0.3, 0.4) is 0 Å². The second kappa shape index (κ2) is 16.8. The molecule has 3 fully saturated rings. The summed E-state index contributed by atoms with van der Waals surface area (Å²) in [5.41, 5.74) is -4.79. The number of Topliss-reactive ketones (excluding diaryl/α,β-unsaturated/α-hetero) is 1. The van der Waals surface area contributed by atoms with E-state index in [9.17, 15) is 35.1 Å². The monoisotopic (exact) mass is 719 g/mol. The molecule has 0 aromatic rings. The van der Waals surface area contributed by atoms with Crippen molar-refractivity contribution in [2.24, 2.45) is 17.8 Å². The van der Waals surface area contributed by atoms with Gasteiger partial charge in [0.15, 0.2) is 12.6 Å². The highest BCUT2D eigenvalue weighted by Crippen LogP contribution is 2.40. The fourth-order valence-electron chi connectivity index (χ4n) is 7.94. The first kappa shape index (κ1) is 43.1. The first-order chi connectivity index (χ1) is 23.0. The zero-order valence-electron chi connectivity index (χ0n) is 32.1. The maximum atomic E-state index is 14.0. The fraction of sp³-hybridized carbons (Fsp3) is 0.944. The van der Waals surface area contributed by atoms with Crippen molar-refractivity contribution in [3.63, 3.8) is 0 Å². The number of aliphatic hydroxyl groups excluding tert-OH is 3. The van der Waals surface area contributed by atoms with Crippen LogP contribution >= 0.6 is 0 Å². The van der Waals surface area contributed by atoms with E-state index in [2.05, 4.69) is 0 Å². The number of likely N-dealkylation sites (N-methyl/N-ethyl adjacent to an activating group) is 1. The van der Waals surface area contributed by atoms with Gasteiger partial charge in [-0.05, 0) is 74.9 Å². The Bertz CT molecular complexity index is 1140. The van der Waals surface area contributed by atoms with Gasteiger partial charge in [-0.2, -0.15) is 0 Å². The number of hydrogen-bond donors (Lipinski definition) is 5. The number of hydrogen-bond acceptors (Lipinski definition) is 14. The van der Waals surface area contributed by atoms with Crippen LogP contribution in [0.5, 0.6) is 0 Å². The van der Waals surface area contributed by atoms with Crippen LogP contribution in [0.4, 0.5) is 0 Å². The van der Waals surface area contributed by atoms with Crippen molar-refractivity contribution >= 4 is 11.8 Å². The van der Waals surface area contributed by atoms with Gasteiger partial charge in [0, 0.05) is 37.8 Å². The lowest BCUT2D eigenvalue weighted by molar-refractivity contribution is -0.318. The van der Waals surface area contributed by atoms with Gasteiger partial charge in [0.1, 0.15) is 29.7 Å². The second-order valence-electron chi connectivity index (χ2n) is 16.0. The van der Waals surface area contributed by atoms with E-state index in [1.165, 1.54) is 21.0 Å². The minimum atomic E-state index is -1.97. The zero-order valence-corrected chi connectivity index (χ0v) is 32.1. The Morgan fingerprint density at radius 1 is 0.940 bits per heavy atom. The predicted octanol–water partition coefficient (Wildman–Crippen LogP) is 1.54. The number of aliphatic hydroxyl groups is 5. The van der Waals surface area contributed by atoms with Gasteiger partial charge in [0.2, 0.25) is 0 Å². The normalized spacial score (nSPS) is 49.0. The Balaban J connectivity index is 2.16. The van der Waals surface area contributed by atoms with Crippen LogP contribution in [-0.2, 0) is 38.0 Å². The topological polar surface area (TPSA) is 194 Å². The van der Waals surface area contributed by atoms with Gasteiger partial charge in [-0.15, -0.1) is 0 Å². The molecule has 0 radical (unpaired) electrons. The summed E-state index contributed by atoms with van der Waals surface area (Å²) in [6, 6.07) is -0.320. The molecule has 3 aliphatic rings. The molecule has 3 rings (SSSR count). The molecule has 0 aliphatic carbocycles. The van der Waals surface area contributed by atoms with E-state index in [4.69, 9.17) is 28.4 Å². The number of methoxy groups -OCH3 is 1. The van der Waals surface area contributed by atoms with E-state index in [-0.39, 0.29) is 31.4 Å². The molecule has 0 amide bonds. The lowest BCUT2D eigenvalue weighted by atomic mass is 9.76. The van der Waals surface area contributed by atoms with Gasteiger partial charge in [-0.3, -0.25) is 9.59 Å². The summed E-state index contributed by atoms with van der Waals surface area (Å²) in [4.78, 5) is 29.3. The van der Waals surface area contributed by atoms with Crippen molar-refractivity contribution in [1.29, 1.82) is 0 Å². The lowest BCUT2D eigenvalue weighted by Crippen LogP contribution is -2.61. The van der Waals surface area contributed by atoms with Gasteiger partial charge in [-0.1, -0.05) is 20.8 Å². The molecule has 0 spiro atoms. The van der Waals surface area contributed by atoms with Crippen molar-refractivity contribution in [2.75, 3.05) is 21.2 Å². The average Bonchev–Trinajstić information content (AvgIpc) is 3.03. The molecule has 3 saturated heterocycles. The third kappa shape index (κ3) is 9.43. The maximum absolute atomic E-state index is 14.0. The highest BCUT2D eigenvalue weighted by atomic mass is 16.7. The fourth-order valence-corrected chi connectivity index (χ4v) is 7.94. The molecule has 14 nitrogen and oxygen atoms in total.